The zero-order valence-corrected chi connectivity index (χ0v) is 8.62. The molecule has 1 atom stereocenters. The molecule has 15 heavy (non-hydrogen) atoms. The van der Waals surface area contributed by atoms with Crippen LogP contribution in [0, 0.1) is 6.92 Å². The highest BCUT2D eigenvalue weighted by molar-refractivity contribution is 5.89. The summed E-state index contributed by atoms with van der Waals surface area (Å²) >= 11 is 0. The highest BCUT2D eigenvalue weighted by atomic mass is 16.6. The molecule has 0 aliphatic carbocycles. The number of anilines is 1. The Morgan fingerprint density at radius 3 is 3.07 bits per heavy atom. The number of epoxide rings is 1. The molecule has 0 spiro atoms. The minimum absolute atomic E-state index is 0.184. The maximum Gasteiger partial charge on any atom is 0.319 e. The maximum atomic E-state index is 11.4. The smallest absolute Gasteiger partial charge is 0.319 e. The summed E-state index contributed by atoms with van der Waals surface area (Å²) in [4.78, 5) is 11.4. The number of ether oxygens (including phenoxy) is 1. The van der Waals surface area contributed by atoms with Gasteiger partial charge in [-0.15, -0.1) is 0 Å². The molecule has 1 aliphatic rings. The molecular weight excluding hydrogens is 192 g/mol. The summed E-state index contributed by atoms with van der Waals surface area (Å²) in [5, 5.41) is 5.50. The van der Waals surface area contributed by atoms with Crippen molar-refractivity contribution < 1.29 is 9.53 Å². The van der Waals surface area contributed by atoms with E-state index in [9.17, 15) is 4.79 Å². The summed E-state index contributed by atoms with van der Waals surface area (Å²) in [6, 6.07) is 7.50. The fourth-order valence-corrected chi connectivity index (χ4v) is 1.29. The van der Waals surface area contributed by atoms with Crippen LogP contribution in [0.15, 0.2) is 24.3 Å². The van der Waals surface area contributed by atoms with Crippen LogP contribution < -0.4 is 10.6 Å². The number of amides is 2. The predicted octanol–water partition coefficient (Wildman–Crippen LogP) is 1.52. The van der Waals surface area contributed by atoms with E-state index in [1.807, 2.05) is 31.2 Å². The van der Waals surface area contributed by atoms with Crippen molar-refractivity contribution in [1.82, 2.24) is 5.32 Å². The van der Waals surface area contributed by atoms with Crippen molar-refractivity contribution in [2.45, 2.75) is 13.0 Å². The Hall–Kier alpha value is -1.55. The third-order valence-corrected chi connectivity index (χ3v) is 2.17. The van der Waals surface area contributed by atoms with E-state index in [1.54, 1.807) is 0 Å². The molecule has 4 nitrogen and oxygen atoms in total. The lowest BCUT2D eigenvalue weighted by Gasteiger charge is -2.06. The largest absolute Gasteiger partial charge is 0.371 e. The van der Waals surface area contributed by atoms with Crippen LogP contribution in [0.2, 0.25) is 0 Å². The average molecular weight is 206 g/mol. The molecule has 0 unspecified atom stereocenters. The summed E-state index contributed by atoms with van der Waals surface area (Å²) in [6.45, 7) is 3.32. The number of rotatable bonds is 3. The van der Waals surface area contributed by atoms with Gasteiger partial charge in [0.1, 0.15) is 0 Å². The molecule has 1 fully saturated rings. The first kappa shape index (κ1) is 9.98. The van der Waals surface area contributed by atoms with E-state index < -0.39 is 0 Å². The van der Waals surface area contributed by atoms with Crippen molar-refractivity contribution >= 4 is 11.7 Å². The summed E-state index contributed by atoms with van der Waals surface area (Å²) in [6.07, 6.45) is 0.216. The molecule has 80 valence electrons. The van der Waals surface area contributed by atoms with Gasteiger partial charge in [0.25, 0.3) is 0 Å². The average Bonchev–Trinajstić information content (AvgIpc) is 2.98. The van der Waals surface area contributed by atoms with Gasteiger partial charge in [0.2, 0.25) is 0 Å². The van der Waals surface area contributed by atoms with Crippen LogP contribution in [-0.2, 0) is 4.74 Å². The van der Waals surface area contributed by atoms with Gasteiger partial charge < -0.3 is 15.4 Å². The predicted molar refractivity (Wildman–Crippen MR) is 57.9 cm³/mol. The van der Waals surface area contributed by atoms with Crippen molar-refractivity contribution in [3.8, 4) is 0 Å². The van der Waals surface area contributed by atoms with Gasteiger partial charge in [0.05, 0.1) is 12.7 Å². The molecule has 2 N–H and O–H groups in total. The minimum Gasteiger partial charge on any atom is -0.371 e. The van der Waals surface area contributed by atoms with Gasteiger partial charge in [-0.3, -0.25) is 0 Å². The summed E-state index contributed by atoms with van der Waals surface area (Å²) in [5.74, 6) is 0. The van der Waals surface area contributed by atoms with Crippen molar-refractivity contribution in [1.29, 1.82) is 0 Å². The first-order valence-electron chi connectivity index (χ1n) is 4.97. The van der Waals surface area contributed by atoms with Crippen LogP contribution in [0.5, 0.6) is 0 Å². The Bertz CT molecular complexity index is 361. The molecular formula is C11H14N2O2. The summed E-state index contributed by atoms with van der Waals surface area (Å²) in [5.41, 5.74) is 1.93. The number of benzene rings is 1. The molecule has 0 saturated carbocycles. The standard InChI is InChI=1S/C11H14N2O2/c1-8-3-2-4-9(5-8)13-11(14)12-6-10-7-15-10/h2-5,10H,6-7H2,1H3,(H2,12,13,14)/t10-/m1/s1. The van der Waals surface area contributed by atoms with E-state index in [2.05, 4.69) is 10.6 Å². The zero-order chi connectivity index (χ0) is 10.7. The van der Waals surface area contributed by atoms with E-state index >= 15 is 0 Å². The van der Waals surface area contributed by atoms with Crippen LogP contribution in [0.3, 0.4) is 0 Å². The lowest BCUT2D eigenvalue weighted by Crippen LogP contribution is -2.31. The van der Waals surface area contributed by atoms with E-state index in [-0.39, 0.29) is 12.1 Å². The Labute approximate surface area is 88.6 Å². The SMILES string of the molecule is Cc1cccc(NC(=O)NC[C@@H]2CO2)c1. The Balaban J connectivity index is 1.81. The number of carbonyl (C=O) groups is 1. The van der Waals surface area contributed by atoms with Crippen LogP contribution in [0.1, 0.15) is 5.56 Å². The molecule has 1 saturated heterocycles. The van der Waals surface area contributed by atoms with E-state index in [0.717, 1.165) is 17.9 Å². The van der Waals surface area contributed by atoms with E-state index in [4.69, 9.17) is 4.74 Å². The normalized spacial score (nSPS) is 18.3. The van der Waals surface area contributed by atoms with Crippen molar-refractivity contribution in [3.05, 3.63) is 29.8 Å². The quantitative estimate of drug-likeness (QED) is 0.736. The van der Waals surface area contributed by atoms with Gasteiger partial charge in [-0.05, 0) is 24.6 Å². The van der Waals surface area contributed by atoms with Crippen LogP contribution >= 0.6 is 0 Å². The van der Waals surface area contributed by atoms with E-state index in [0.29, 0.717) is 6.54 Å². The number of urea groups is 1. The molecule has 2 amide bonds. The fraction of sp³-hybridized carbons (Fsp3) is 0.364. The first-order valence-corrected chi connectivity index (χ1v) is 4.97. The number of aryl methyl sites for hydroxylation is 1. The molecule has 1 aromatic rings. The summed E-state index contributed by atoms with van der Waals surface area (Å²) < 4.78 is 4.99. The van der Waals surface area contributed by atoms with Gasteiger partial charge >= 0.3 is 6.03 Å². The highest BCUT2D eigenvalue weighted by Gasteiger charge is 2.22. The molecule has 1 aromatic carbocycles. The topological polar surface area (TPSA) is 53.7 Å². The third kappa shape index (κ3) is 3.25. The molecule has 0 bridgehead atoms. The van der Waals surface area contributed by atoms with Crippen molar-refractivity contribution in [2.75, 3.05) is 18.5 Å². The molecule has 0 aromatic heterocycles. The second kappa shape index (κ2) is 4.31. The van der Waals surface area contributed by atoms with Crippen LogP contribution in [0.4, 0.5) is 10.5 Å². The Kier molecular flexibility index (Phi) is 2.87. The second-order valence-corrected chi connectivity index (χ2v) is 3.66. The molecule has 0 radical (unpaired) electrons. The fourth-order valence-electron chi connectivity index (χ4n) is 1.29. The maximum absolute atomic E-state index is 11.4. The lowest BCUT2D eigenvalue weighted by molar-refractivity contribution is 0.250. The van der Waals surface area contributed by atoms with Crippen molar-refractivity contribution in [3.63, 3.8) is 0 Å². The van der Waals surface area contributed by atoms with Gasteiger partial charge in [-0.2, -0.15) is 0 Å². The first-order chi connectivity index (χ1) is 7.24. The Morgan fingerprint density at radius 2 is 2.40 bits per heavy atom. The molecule has 1 aliphatic heterocycles. The molecule has 2 rings (SSSR count). The van der Waals surface area contributed by atoms with Gasteiger partial charge in [-0.25, -0.2) is 4.79 Å². The Morgan fingerprint density at radius 1 is 1.60 bits per heavy atom. The van der Waals surface area contributed by atoms with Crippen LogP contribution in [0.25, 0.3) is 0 Å². The molecule has 1 heterocycles. The number of hydrogen-bond donors (Lipinski definition) is 2. The van der Waals surface area contributed by atoms with Crippen LogP contribution in [-0.4, -0.2) is 25.3 Å². The van der Waals surface area contributed by atoms with Gasteiger partial charge in [-0.1, -0.05) is 12.1 Å². The monoisotopic (exact) mass is 206 g/mol. The number of hydrogen-bond acceptors (Lipinski definition) is 2. The number of carbonyl (C=O) groups excluding carboxylic acids is 1. The summed E-state index contributed by atoms with van der Waals surface area (Å²) in [7, 11) is 0. The van der Waals surface area contributed by atoms with Gasteiger partial charge in [0, 0.05) is 12.2 Å². The highest BCUT2D eigenvalue weighted by Crippen LogP contribution is 2.09. The zero-order valence-electron chi connectivity index (χ0n) is 8.62. The van der Waals surface area contributed by atoms with E-state index in [1.165, 1.54) is 0 Å². The molecule has 4 heteroatoms. The number of nitrogens with one attached hydrogen (secondary N) is 2. The van der Waals surface area contributed by atoms with Crippen molar-refractivity contribution in [2.24, 2.45) is 0 Å². The third-order valence-electron chi connectivity index (χ3n) is 2.17. The second-order valence-electron chi connectivity index (χ2n) is 3.66. The van der Waals surface area contributed by atoms with Gasteiger partial charge in [0.15, 0.2) is 0 Å². The lowest BCUT2D eigenvalue weighted by atomic mass is 10.2. The minimum atomic E-state index is -0.184.